The summed E-state index contributed by atoms with van der Waals surface area (Å²) >= 11 is 0. The first-order valence-electron chi connectivity index (χ1n) is 9.58. The highest BCUT2D eigenvalue weighted by Gasteiger charge is 2.11. The van der Waals surface area contributed by atoms with E-state index in [1.807, 2.05) is 31.2 Å². The van der Waals surface area contributed by atoms with E-state index in [9.17, 15) is 9.59 Å². The molecule has 3 aromatic rings. The minimum absolute atomic E-state index is 0.132. The van der Waals surface area contributed by atoms with Crippen molar-refractivity contribution in [1.29, 1.82) is 0 Å². The topological polar surface area (TPSA) is 104 Å². The molecule has 0 unspecified atom stereocenters. The Morgan fingerprint density at radius 3 is 2.47 bits per heavy atom. The molecule has 1 amide bonds. The van der Waals surface area contributed by atoms with Crippen molar-refractivity contribution in [2.45, 2.75) is 26.3 Å². The van der Waals surface area contributed by atoms with Crippen molar-refractivity contribution in [3.05, 3.63) is 65.5 Å². The van der Waals surface area contributed by atoms with Gasteiger partial charge in [-0.25, -0.2) is 4.79 Å². The number of carbonyl (C=O) groups is 2. The Morgan fingerprint density at radius 2 is 1.80 bits per heavy atom. The second-order valence-corrected chi connectivity index (χ2v) is 6.43. The molecule has 3 rings (SSSR count). The summed E-state index contributed by atoms with van der Waals surface area (Å²) in [5.41, 5.74) is 2.16. The van der Waals surface area contributed by atoms with E-state index in [-0.39, 0.29) is 12.3 Å². The van der Waals surface area contributed by atoms with Gasteiger partial charge in [0, 0.05) is 24.9 Å². The van der Waals surface area contributed by atoms with E-state index < -0.39 is 5.97 Å². The maximum absolute atomic E-state index is 12.1. The summed E-state index contributed by atoms with van der Waals surface area (Å²) in [5.74, 6) is 1.12. The molecule has 8 nitrogen and oxygen atoms in total. The van der Waals surface area contributed by atoms with Gasteiger partial charge < -0.3 is 19.3 Å². The lowest BCUT2D eigenvalue weighted by molar-refractivity contribution is -0.121. The minimum atomic E-state index is -0.394. The minimum Gasteiger partial charge on any atom is -0.494 e. The third-order valence-corrected chi connectivity index (χ3v) is 4.32. The molecule has 8 heteroatoms. The molecule has 0 aliphatic rings. The van der Waals surface area contributed by atoms with Crippen LogP contribution in [0.15, 0.2) is 53.1 Å². The predicted molar refractivity (Wildman–Crippen MR) is 109 cm³/mol. The number of nitrogens with one attached hydrogen (secondary N) is 1. The van der Waals surface area contributed by atoms with Crippen molar-refractivity contribution in [2.75, 3.05) is 13.7 Å². The fourth-order valence-corrected chi connectivity index (χ4v) is 2.73. The molecular weight excluding hydrogens is 386 g/mol. The summed E-state index contributed by atoms with van der Waals surface area (Å²) in [6.45, 7) is 2.89. The molecule has 0 atom stereocenters. The second kappa shape index (κ2) is 10.2. The molecular formula is C22H23N3O5. The number of esters is 1. The third kappa shape index (κ3) is 5.66. The van der Waals surface area contributed by atoms with E-state index in [0.717, 1.165) is 16.9 Å². The zero-order chi connectivity index (χ0) is 21.3. The first-order valence-corrected chi connectivity index (χ1v) is 9.58. The summed E-state index contributed by atoms with van der Waals surface area (Å²) in [4.78, 5) is 27.9. The van der Waals surface area contributed by atoms with Crippen LogP contribution in [0.5, 0.6) is 5.75 Å². The van der Waals surface area contributed by atoms with Gasteiger partial charge in [0.05, 0.1) is 19.3 Å². The second-order valence-electron chi connectivity index (χ2n) is 6.43. The molecule has 1 aromatic heterocycles. The number of aromatic nitrogens is 2. The largest absolute Gasteiger partial charge is 0.494 e. The Balaban J connectivity index is 1.46. The summed E-state index contributed by atoms with van der Waals surface area (Å²) in [6.07, 6.45) is 0.572. The molecule has 0 aliphatic carbocycles. The lowest BCUT2D eigenvalue weighted by atomic mass is 10.1. The van der Waals surface area contributed by atoms with Crippen LogP contribution in [-0.4, -0.2) is 35.7 Å². The van der Waals surface area contributed by atoms with E-state index in [1.165, 1.54) is 7.11 Å². The highest BCUT2D eigenvalue weighted by molar-refractivity contribution is 5.89. The molecule has 0 bridgehead atoms. The van der Waals surface area contributed by atoms with Gasteiger partial charge in [0.25, 0.3) is 0 Å². The van der Waals surface area contributed by atoms with Crippen LogP contribution in [0.4, 0.5) is 0 Å². The van der Waals surface area contributed by atoms with Gasteiger partial charge in [-0.1, -0.05) is 17.3 Å². The van der Waals surface area contributed by atoms with E-state index in [1.54, 1.807) is 24.3 Å². The Kier molecular flexibility index (Phi) is 7.15. The quantitative estimate of drug-likeness (QED) is 0.541. The predicted octanol–water partition coefficient (Wildman–Crippen LogP) is 3.17. The summed E-state index contributed by atoms with van der Waals surface area (Å²) in [7, 11) is 1.33. The Bertz CT molecular complexity index is 981. The van der Waals surface area contributed by atoms with E-state index in [4.69, 9.17) is 9.26 Å². The number of nitrogens with zero attached hydrogens (tertiary/aromatic N) is 2. The maximum atomic E-state index is 12.1. The number of amides is 1. The molecule has 0 aliphatic heterocycles. The molecule has 0 saturated carbocycles. The van der Waals surface area contributed by atoms with Crippen LogP contribution in [0.3, 0.4) is 0 Å². The number of carbonyl (C=O) groups excluding carboxylic acids is 2. The van der Waals surface area contributed by atoms with Gasteiger partial charge in [0.2, 0.25) is 17.6 Å². The van der Waals surface area contributed by atoms with Gasteiger partial charge in [-0.05, 0) is 48.9 Å². The van der Waals surface area contributed by atoms with Gasteiger partial charge in [-0.3, -0.25) is 4.79 Å². The van der Waals surface area contributed by atoms with E-state index in [2.05, 4.69) is 20.2 Å². The van der Waals surface area contributed by atoms with E-state index >= 15 is 0 Å². The zero-order valence-electron chi connectivity index (χ0n) is 16.9. The first-order chi connectivity index (χ1) is 14.6. The summed E-state index contributed by atoms with van der Waals surface area (Å²) in [5, 5.41) is 6.80. The normalized spacial score (nSPS) is 10.5. The average Bonchev–Trinajstić information content (AvgIpc) is 3.26. The average molecular weight is 409 g/mol. The number of rotatable bonds is 9. The molecule has 0 radical (unpaired) electrons. The van der Waals surface area contributed by atoms with Crippen LogP contribution in [0.1, 0.15) is 35.2 Å². The van der Waals surface area contributed by atoms with Crippen LogP contribution in [0.25, 0.3) is 11.4 Å². The van der Waals surface area contributed by atoms with Crippen LogP contribution >= 0.6 is 0 Å². The lowest BCUT2D eigenvalue weighted by Crippen LogP contribution is -2.23. The van der Waals surface area contributed by atoms with Crippen LogP contribution in [-0.2, 0) is 22.5 Å². The molecule has 0 spiro atoms. The third-order valence-electron chi connectivity index (χ3n) is 4.32. The lowest BCUT2D eigenvalue weighted by Gasteiger charge is -2.05. The Labute approximate surface area is 174 Å². The monoisotopic (exact) mass is 409 g/mol. The van der Waals surface area contributed by atoms with Gasteiger partial charge >= 0.3 is 5.97 Å². The van der Waals surface area contributed by atoms with Crippen LogP contribution in [0, 0.1) is 0 Å². The number of methoxy groups -OCH3 is 1. The van der Waals surface area contributed by atoms with Crippen molar-refractivity contribution < 1.29 is 23.6 Å². The van der Waals surface area contributed by atoms with Crippen LogP contribution < -0.4 is 10.1 Å². The molecule has 156 valence electrons. The number of hydrogen-bond acceptors (Lipinski definition) is 7. The summed E-state index contributed by atoms with van der Waals surface area (Å²) in [6, 6.07) is 14.3. The summed E-state index contributed by atoms with van der Waals surface area (Å²) < 4.78 is 15.3. The van der Waals surface area contributed by atoms with Gasteiger partial charge in [-0.2, -0.15) is 4.98 Å². The van der Waals surface area contributed by atoms with Gasteiger partial charge in [0.15, 0.2) is 0 Å². The Hall–Kier alpha value is -3.68. The van der Waals surface area contributed by atoms with Gasteiger partial charge in [-0.15, -0.1) is 0 Å². The van der Waals surface area contributed by atoms with Crippen molar-refractivity contribution in [3.63, 3.8) is 0 Å². The molecule has 0 saturated heterocycles. The zero-order valence-corrected chi connectivity index (χ0v) is 16.9. The SMILES string of the molecule is CCOc1ccc(-c2noc(CCC(=O)NCc3ccc(C(=O)OC)cc3)n2)cc1. The molecule has 0 fully saturated rings. The number of hydrogen-bond donors (Lipinski definition) is 1. The van der Waals surface area contributed by atoms with Crippen molar-refractivity contribution in [1.82, 2.24) is 15.5 Å². The standard InChI is InChI=1S/C22H23N3O5/c1-3-29-18-10-8-16(9-11-18)21-24-20(30-25-21)13-12-19(26)23-14-15-4-6-17(7-5-15)22(27)28-2/h4-11H,3,12-14H2,1-2H3,(H,23,26). The Morgan fingerprint density at radius 1 is 1.07 bits per heavy atom. The number of aryl methyl sites for hydroxylation is 1. The highest BCUT2D eigenvalue weighted by atomic mass is 16.5. The molecule has 1 heterocycles. The smallest absolute Gasteiger partial charge is 0.337 e. The van der Waals surface area contributed by atoms with Crippen molar-refractivity contribution in [3.8, 4) is 17.1 Å². The number of benzene rings is 2. The highest BCUT2D eigenvalue weighted by Crippen LogP contribution is 2.20. The molecule has 30 heavy (non-hydrogen) atoms. The van der Waals surface area contributed by atoms with Crippen molar-refractivity contribution in [2.24, 2.45) is 0 Å². The van der Waals surface area contributed by atoms with Crippen molar-refractivity contribution >= 4 is 11.9 Å². The fraction of sp³-hybridized carbons (Fsp3) is 0.273. The van der Waals surface area contributed by atoms with E-state index in [0.29, 0.717) is 36.9 Å². The maximum Gasteiger partial charge on any atom is 0.337 e. The van der Waals surface area contributed by atoms with Gasteiger partial charge in [0.1, 0.15) is 5.75 Å². The van der Waals surface area contributed by atoms with Crippen LogP contribution in [0.2, 0.25) is 0 Å². The molecule has 1 N–H and O–H groups in total. The number of ether oxygens (including phenoxy) is 2. The fourth-order valence-electron chi connectivity index (χ4n) is 2.73. The molecule has 2 aromatic carbocycles. The first kappa shape index (κ1) is 21.0.